The summed E-state index contributed by atoms with van der Waals surface area (Å²) in [6, 6.07) is -0.802. The van der Waals surface area contributed by atoms with Crippen molar-refractivity contribution in [1.82, 2.24) is 5.32 Å². The lowest BCUT2D eigenvalue weighted by Crippen LogP contribution is -2.46. The first kappa shape index (κ1) is 62.2. The highest BCUT2D eigenvalue weighted by molar-refractivity contribution is 7.45. The van der Waals surface area contributed by atoms with Gasteiger partial charge in [0.05, 0.1) is 39.9 Å². The molecule has 8 nitrogen and oxygen atoms in total. The molecule has 0 aliphatic rings. The van der Waals surface area contributed by atoms with Crippen LogP contribution in [0.5, 0.6) is 0 Å². The molecule has 0 aliphatic carbocycles. The Hall–Kier alpha value is -0.760. The number of rotatable bonds is 51. The average molecular weight is 913 g/mol. The lowest BCUT2D eigenvalue weighted by atomic mass is 10.0. The number of quaternary nitrogens is 1. The van der Waals surface area contributed by atoms with Gasteiger partial charge in [0.25, 0.3) is 7.82 Å². The molecule has 0 rings (SSSR count). The number of hydrogen-bond acceptors (Lipinski definition) is 6. The van der Waals surface area contributed by atoms with Gasteiger partial charge in [-0.3, -0.25) is 9.36 Å². The van der Waals surface area contributed by atoms with E-state index in [1.54, 1.807) is 0 Å². The minimum absolute atomic E-state index is 0.0128. The summed E-state index contributed by atoms with van der Waals surface area (Å²) >= 11 is 0. The van der Waals surface area contributed by atoms with Gasteiger partial charge in [0.2, 0.25) is 5.91 Å². The summed E-state index contributed by atoms with van der Waals surface area (Å²) in [7, 11) is 1.31. The fraction of sp³-hybridized carbons (Fsp3) is 0.944. The summed E-state index contributed by atoms with van der Waals surface area (Å²) in [5.41, 5.74) is 0. The molecule has 0 saturated heterocycles. The number of unbranched alkanes of at least 4 members (excludes halogenated alkanes) is 36. The lowest BCUT2D eigenvalue weighted by Gasteiger charge is -2.30. The molecule has 3 unspecified atom stereocenters. The van der Waals surface area contributed by atoms with Crippen LogP contribution >= 0.6 is 7.82 Å². The first-order chi connectivity index (χ1) is 30.5. The molecule has 3 atom stereocenters. The van der Waals surface area contributed by atoms with E-state index in [4.69, 9.17) is 9.05 Å². The third-order valence-corrected chi connectivity index (χ3v) is 13.7. The molecule has 0 fully saturated rings. The standard InChI is InChI=1S/C54H109N2O6P/c1-6-8-10-12-14-16-18-20-22-23-24-25-26-27-28-29-30-31-32-33-34-35-37-39-41-43-45-47-53(57)52(51-62-63(59,60)61-50-49-56(3,4)5)55-54(58)48-46-44-42-40-38-36-21-19-17-15-13-11-9-7-2/h19,21,52-53,57H,6-18,20,22-51H2,1-5H3,(H-,55,58,59,60)/b21-19-. The molecule has 2 N–H and O–H groups in total. The van der Waals surface area contributed by atoms with Gasteiger partial charge in [-0.05, 0) is 38.5 Å². The molecule has 376 valence electrons. The molecule has 0 saturated carbocycles. The van der Waals surface area contributed by atoms with E-state index in [9.17, 15) is 19.4 Å². The topological polar surface area (TPSA) is 108 Å². The Kier molecular flexibility index (Phi) is 45.8. The van der Waals surface area contributed by atoms with Gasteiger partial charge in [-0.1, -0.05) is 244 Å². The Labute approximate surface area is 392 Å². The van der Waals surface area contributed by atoms with Crippen molar-refractivity contribution in [2.75, 3.05) is 40.9 Å². The number of hydrogen-bond donors (Lipinski definition) is 2. The van der Waals surface area contributed by atoms with E-state index in [1.165, 1.54) is 199 Å². The van der Waals surface area contributed by atoms with E-state index in [2.05, 4.69) is 31.3 Å². The van der Waals surface area contributed by atoms with Crippen LogP contribution in [0.25, 0.3) is 0 Å². The normalized spacial score (nSPS) is 14.1. The Morgan fingerprint density at radius 2 is 0.873 bits per heavy atom. The quantitative estimate of drug-likeness (QED) is 0.0272. The molecule has 0 radical (unpaired) electrons. The van der Waals surface area contributed by atoms with Gasteiger partial charge in [-0.2, -0.15) is 0 Å². The van der Waals surface area contributed by atoms with Crippen LogP contribution < -0.4 is 10.2 Å². The lowest BCUT2D eigenvalue weighted by molar-refractivity contribution is -0.870. The number of aliphatic hydroxyl groups is 1. The second-order valence-corrected chi connectivity index (χ2v) is 21.7. The smallest absolute Gasteiger partial charge is 0.268 e. The maximum atomic E-state index is 12.9. The summed E-state index contributed by atoms with van der Waals surface area (Å²) in [6.07, 6.45) is 55.3. The average Bonchev–Trinajstić information content (AvgIpc) is 3.24. The zero-order valence-electron chi connectivity index (χ0n) is 42.8. The fourth-order valence-electron chi connectivity index (χ4n) is 8.39. The highest BCUT2D eigenvalue weighted by atomic mass is 31.2. The molecule has 0 heterocycles. The zero-order valence-corrected chi connectivity index (χ0v) is 43.7. The minimum Gasteiger partial charge on any atom is -0.756 e. The molecule has 63 heavy (non-hydrogen) atoms. The van der Waals surface area contributed by atoms with Gasteiger partial charge >= 0.3 is 0 Å². The van der Waals surface area contributed by atoms with Crippen LogP contribution in [0.15, 0.2) is 12.2 Å². The second-order valence-electron chi connectivity index (χ2n) is 20.3. The van der Waals surface area contributed by atoms with Gasteiger partial charge in [-0.15, -0.1) is 0 Å². The zero-order chi connectivity index (χ0) is 46.4. The number of nitrogens with one attached hydrogen (secondary N) is 1. The molecule has 0 aromatic carbocycles. The van der Waals surface area contributed by atoms with E-state index >= 15 is 0 Å². The van der Waals surface area contributed by atoms with Gasteiger partial charge in [0.15, 0.2) is 0 Å². The van der Waals surface area contributed by atoms with Crippen LogP contribution in [0.3, 0.4) is 0 Å². The third kappa shape index (κ3) is 49.0. The molecule has 0 aliphatic heterocycles. The van der Waals surface area contributed by atoms with Gasteiger partial charge in [0.1, 0.15) is 13.2 Å². The number of carbonyl (C=O) groups is 1. The van der Waals surface area contributed by atoms with Crippen molar-refractivity contribution in [3.8, 4) is 0 Å². The second kappa shape index (κ2) is 46.4. The van der Waals surface area contributed by atoms with Crippen molar-refractivity contribution in [2.45, 2.75) is 289 Å². The van der Waals surface area contributed by atoms with E-state index in [0.29, 0.717) is 23.9 Å². The Bertz CT molecular complexity index is 1040. The number of phosphoric acid groups is 1. The molecule has 0 aromatic rings. The summed E-state index contributed by atoms with van der Waals surface area (Å²) in [6.45, 7) is 4.74. The number of carbonyl (C=O) groups excluding carboxylic acids is 1. The van der Waals surface area contributed by atoms with Crippen LogP contribution in [0.1, 0.15) is 277 Å². The van der Waals surface area contributed by atoms with Crippen LogP contribution in [-0.2, 0) is 18.4 Å². The number of phosphoric ester groups is 1. The van der Waals surface area contributed by atoms with E-state index < -0.39 is 20.0 Å². The van der Waals surface area contributed by atoms with Crippen LogP contribution in [0, 0.1) is 0 Å². The van der Waals surface area contributed by atoms with Gasteiger partial charge in [0, 0.05) is 6.42 Å². The first-order valence-corrected chi connectivity index (χ1v) is 29.0. The van der Waals surface area contributed by atoms with Crippen LogP contribution in [0.2, 0.25) is 0 Å². The van der Waals surface area contributed by atoms with Gasteiger partial charge < -0.3 is 28.8 Å². The molecule has 9 heteroatoms. The Morgan fingerprint density at radius 3 is 1.24 bits per heavy atom. The monoisotopic (exact) mass is 913 g/mol. The predicted molar refractivity (Wildman–Crippen MR) is 270 cm³/mol. The largest absolute Gasteiger partial charge is 0.756 e. The Morgan fingerprint density at radius 1 is 0.540 bits per heavy atom. The number of nitrogens with zero attached hydrogens (tertiary/aromatic N) is 1. The SMILES string of the molecule is CCCCCCC/C=C\CCCCCCCC(=O)NC(COP(=O)([O-])OCC[N+](C)(C)C)C(O)CCCCCCCCCCCCCCCCCCCCCCCCCCCCC. The summed E-state index contributed by atoms with van der Waals surface area (Å²) in [4.78, 5) is 25.4. The van der Waals surface area contributed by atoms with E-state index in [-0.39, 0.29) is 19.1 Å². The minimum atomic E-state index is -4.57. The molecule has 0 spiro atoms. The summed E-state index contributed by atoms with van der Waals surface area (Å²) in [5.74, 6) is -0.170. The maximum absolute atomic E-state index is 12.9. The van der Waals surface area contributed by atoms with Crippen molar-refractivity contribution in [3.63, 3.8) is 0 Å². The predicted octanol–water partition coefficient (Wildman–Crippen LogP) is 15.6. The number of likely N-dealkylation sites (N-methyl/N-ethyl adjacent to an activating group) is 1. The summed E-state index contributed by atoms with van der Waals surface area (Å²) in [5, 5.41) is 14.0. The van der Waals surface area contributed by atoms with E-state index in [1.807, 2.05) is 21.1 Å². The van der Waals surface area contributed by atoms with Crippen molar-refractivity contribution in [2.24, 2.45) is 0 Å². The molecule has 1 amide bonds. The summed E-state index contributed by atoms with van der Waals surface area (Å²) < 4.78 is 23.4. The number of allylic oxidation sites excluding steroid dienone is 2. The van der Waals surface area contributed by atoms with E-state index in [0.717, 1.165) is 51.4 Å². The van der Waals surface area contributed by atoms with Crippen LogP contribution in [0.4, 0.5) is 0 Å². The third-order valence-electron chi connectivity index (χ3n) is 12.8. The van der Waals surface area contributed by atoms with Crippen molar-refractivity contribution >= 4 is 13.7 Å². The van der Waals surface area contributed by atoms with Crippen molar-refractivity contribution in [1.29, 1.82) is 0 Å². The Balaban J connectivity index is 4.10. The molecule has 0 bridgehead atoms. The van der Waals surface area contributed by atoms with Gasteiger partial charge in [-0.25, -0.2) is 0 Å². The maximum Gasteiger partial charge on any atom is 0.268 e. The fourth-order valence-corrected chi connectivity index (χ4v) is 9.11. The number of amides is 1. The molecule has 0 aromatic heterocycles. The number of aliphatic hydroxyl groups excluding tert-OH is 1. The van der Waals surface area contributed by atoms with Crippen molar-refractivity contribution < 1.29 is 32.9 Å². The van der Waals surface area contributed by atoms with Crippen molar-refractivity contribution in [3.05, 3.63) is 12.2 Å². The molecular formula is C54H109N2O6P. The highest BCUT2D eigenvalue weighted by Gasteiger charge is 2.24. The highest BCUT2D eigenvalue weighted by Crippen LogP contribution is 2.38. The van der Waals surface area contributed by atoms with Crippen LogP contribution in [-0.4, -0.2) is 68.5 Å². The molecular weight excluding hydrogens is 804 g/mol. The first-order valence-electron chi connectivity index (χ1n) is 27.5.